The van der Waals surface area contributed by atoms with Gasteiger partial charge in [-0.2, -0.15) is 0 Å². The first-order valence-electron chi connectivity index (χ1n) is 4.86. The summed E-state index contributed by atoms with van der Waals surface area (Å²) in [4.78, 5) is 21.5. The molecule has 1 rings (SSSR count). The maximum absolute atomic E-state index is 10.9. The Balaban J connectivity index is 3.05. The molecule has 0 fully saturated rings. The summed E-state index contributed by atoms with van der Waals surface area (Å²) in [5.74, 6) is -2.91. The summed E-state index contributed by atoms with van der Waals surface area (Å²) < 4.78 is 0. The zero-order valence-electron chi connectivity index (χ0n) is 9.08. The molecular formula is C10H11BNO5-. The predicted octanol–water partition coefficient (Wildman–Crippen LogP) is -1.76. The van der Waals surface area contributed by atoms with Gasteiger partial charge in [0.25, 0.3) is 0 Å². The molecule has 0 aromatic heterocycles. The smallest absolute Gasteiger partial charge is 0.480 e. The van der Waals surface area contributed by atoms with Gasteiger partial charge in [-0.05, 0) is 17.2 Å². The Morgan fingerprint density at radius 2 is 2.06 bits per heavy atom. The highest BCUT2D eigenvalue weighted by Gasteiger charge is 2.26. The van der Waals surface area contributed by atoms with Gasteiger partial charge in [-0.15, -0.1) is 0 Å². The van der Waals surface area contributed by atoms with E-state index in [2.05, 4.69) is 5.32 Å². The number of aromatic carboxylic acids is 1. The van der Waals surface area contributed by atoms with E-state index >= 15 is 0 Å². The Morgan fingerprint density at radius 3 is 2.53 bits per heavy atom. The van der Waals surface area contributed by atoms with Crippen LogP contribution in [0.3, 0.4) is 0 Å². The molecule has 90 valence electrons. The Labute approximate surface area is 98.0 Å². The van der Waals surface area contributed by atoms with E-state index < -0.39 is 24.9 Å². The largest absolute Gasteiger partial charge is 0.545 e. The van der Waals surface area contributed by atoms with Crippen molar-refractivity contribution in [1.82, 2.24) is 5.32 Å². The van der Waals surface area contributed by atoms with Gasteiger partial charge in [0.2, 0.25) is 5.91 Å². The lowest BCUT2D eigenvalue weighted by atomic mass is 9.75. The van der Waals surface area contributed by atoms with Crippen molar-refractivity contribution in [2.45, 2.75) is 12.9 Å². The molecule has 0 saturated heterocycles. The van der Waals surface area contributed by atoms with Crippen LogP contribution in [0.2, 0.25) is 0 Å². The van der Waals surface area contributed by atoms with Gasteiger partial charge >= 0.3 is 7.12 Å². The summed E-state index contributed by atoms with van der Waals surface area (Å²) >= 11 is 0. The fourth-order valence-corrected chi connectivity index (χ4v) is 1.41. The molecule has 1 atom stereocenters. The van der Waals surface area contributed by atoms with Gasteiger partial charge < -0.3 is 25.3 Å². The third-order valence-corrected chi connectivity index (χ3v) is 2.14. The lowest BCUT2D eigenvalue weighted by molar-refractivity contribution is -0.255. The lowest BCUT2D eigenvalue weighted by Crippen LogP contribution is -2.38. The number of benzene rings is 1. The van der Waals surface area contributed by atoms with E-state index in [0.717, 1.165) is 0 Å². The SMILES string of the molecule is CC(=O)N[C@H](B(O)O)c1cccc(C(=O)[O-])c1. The molecular weight excluding hydrogens is 225 g/mol. The average molecular weight is 236 g/mol. The number of hydrogen-bond acceptors (Lipinski definition) is 5. The van der Waals surface area contributed by atoms with Crippen LogP contribution in [0.4, 0.5) is 0 Å². The van der Waals surface area contributed by atoms with Gasteiger partial charge in [-0.25, -0.2) is 0 Å². The highest BCUT2D eigenvalue weighted by molar-refractivity contribution is 6.43. The molecule has 7 heteroatoms. The molecule has 0 heterocycles. The van der Waals surface area contributed by atoms with Crippen molar-refractivity contribution in [2.75, 3.05) is 0 Å². The molecule has 0 radical (unpaired) electrons. The van der Waals surface area contributed by atoms with Crippen LogP contribution in [-0.4, -0.2) is 29.0 Å². The summed E-state index contributed by atoms with van der Waals surface area (Å²) in [6.45, 7) is 1.22. The molecule has 0 unspecified atom stereocenters. The molecule has 1 aromatic rings. The monoisotopic (exact) mass is 236 g/mol. The van der Waals surface area contributed by atoms with Crippen LogP contribution in [-0.2, 0) is 4.79 Å². The van der Waals surface area contributed by atoms with E-state index in [1.807, 2.05) is 0 Å². The van der Waals surface area contributed by atoms with Crippen LogP contribution >= 0.6 is 0 Å². The topological polar surface area (TPSA) is 110 Å². The molecule has 0 spiro atoms. The van der Waals surface area contributed by atoms with Gasteiger partial charge in [-0.1, -0.05) is 18.2 Å². The predicted molar refractivity (Wildman–Crippen MR) is 57.5 cm³/mol. The molecule has 0 saturated carbocycles. The van der Waals surface area contributed by atoms with Crippen LogP contribution < -0.4 is 10.4 Å². The first-order valence-corrected chi connectivity index (χ1v) is 4.86. The van der Waals surface area contributed by atoms with Gasteiger partial charge in [0.05, 0.1) is 11.9 Å². The molecule has 0 aliphatic heterocycles. The number of nitrogens with one attached hydrogen (secondary N) is 1. The quantitative estimate of drug-likeness (QED) is 0.536. The van der Waals surface area contributed by atoms with E-state index in [0.29, 0.717) is 0 Å². The van der Waals surface area contributed by atoms with E-state index in [1.54, 1.807) is 0 Å². The first-order chi connectivity index (χ1) is 7.91. The second-order valence-electron chi connectivity index (χ2n) is 3.50. The van der Waals surface area contributed by atoms with Crippen LogP contribution in [0, 0.1) is 0 Å². The second-order valence-corrected chi connectivity index (χ2v) is 3.50. The Kier molecular flexibility index (Phi) is 4.25. The minimum atomic E-state index is -1.82. The van der Waals surface area contributed by atoms with E-state index in [4.69, 9.17) is 10.0 Å². The van der Waals surface area contributed by atoms with Crippen molar-refractivity contribution in [3.8, 4) is 0 Å². The van der Waals surface area contributed by atoms with Gasteiger partial charge in [-0.3, -0.25) is 4.79 Å². The highest BCUT2D eigenvalue weighted by atomic mass is 16.4. The van der Waals surface area contributed by atoms with E-state index in [1.165, 1.54) is 31.2 Å². The summed E-state index contributed by atoms with van der Waals surface area (Å²) in [6.07, 6.45) is 0. The van der Waals surface area contributed by atoms with Crippen molar-refractivity contribution in [1.29, 1.82) is 0 Å². The summed E-state index contributed by atoms with van der Waals surface area (Å²) in [5.41, 5.74) is 0.176. The van der Waals surface area contributed by atoms with Gasteiger partial charge in [0.15, 0.2) is 0 Å². The third kappa shape index (κ3) is 3.58. The van der Waals surface area contributed by atoms with Crippen LogP contribution in [0.5, 0.6) is 0 Å². The van der Waals surface area contributed by atoms with Gasteiger partial charge in [0, 0.05) is 6.92 Å². The van der Waals surface area contributed by atoms with Crippen molar-refractivity contribution >= 4 is 19.0 Å². The Hall–Kier alpha value is -1.86. The number of carboxylic acid groups (broad SMARTS) is 1. The summed E-state index contributed by atoms with van der Waals surface area (Å²) in [7, 11) is -1.82. The van der Waals surface area contributed by atoms with Crippen molar-refractivity contribution in [3.63, 3.8) is 0 Å². The minimum absolute atomic E-state index is 0.0986. The average Bonchev–Trinajstić information content (AvgIpc) is 2.25. The van der Waals surface area contributed by atoms with E-state index in [9.17, 15) is 14.7 Å². The van der Waals surface area contributed by atoms with E-state index in [-0.39, 0.29) is 11.1 Å². The maximum Gasteiger partial charge on any atom is 0.480 e. The van der Waals surface area contributed by atoms with Crippen LogP contribution in [0.1, 0.15) is 28.8 Å². The maximum atomic E-state index is 10.9. The van der Waals surface area contributed by atoms with Crippen molar-refractivity contribution in [2.24, 2.45) is 0 Å². The van der Waals surface area contributed by atoms with Crippen LogP contribution in [0.25, 0.3) is 0 Å². The highest BCUT2D eigenvalue weighted by Crippen LogP contribution is 2.15. The number of rotatable bonds is 4. The molecule has 0 aliphatic rings. The second kappa shape index (κ2) is 5.47. The number of carboxylic acids is 1. The zero-order chi connectivity index (χ0) is 13.0. The number of carbonyl (C=O) groups is 2. The summed E-state index contributed by atoms with van der Waals surface area (Å²) in [6, 6.07) is 5.44. The Morgan fingerprint density at radius 1 is 1.41 bits per heavy atom. The molecule has 6 nitrogen and oxygen atoms in total. The molecule has 1 amide bonds. The molecule has 0 bridgehead atoms. The standard InChI is InChI=1S/C10H12BNO5/c1-6(13)12-9(11(16)17)7-3-2-4-8(5-7)10(14)15/h2-5,9,16-17H,1H3,(H,12,13)(H,14,15)/p-1/t9-/m0/s1. The minimum Gasteiger partial charge on any atom is -0.545 e. The normalized spacial score (nSPS) is 11.7. The lowest BCUT2D eigenvalue weighted by Gasteiger charge is -2.18. The van der Waals surface area contributed by atoms with Crippen LogP contribution in [0.15, 0.2) is 24.3 Å². The molecule has 3 N–H and O–H groups in total. The molecule has 1 aromatic carbocycles. The number of carbonyl (C=O) groups excluding carboxylic acids is 2. The van der Waals surface area contributed by atoms with Gasteiger partial charge in [0.1, 0.15) is 0 Å². The molecule has 17 heavy (non-hydrogen) atoms. The third-order valence-electron chi connectivity index (χ3n) is 2.14. The fraction of sp³-hybridized carbons (Fsp3) is 0.200. The Bertz CT molecular complexity index is 434. The summed E-state index contributed by atoms with van der Waals surface area (Å²) in [5, 5.41) is 31.2. The first kappa shape index (κ1) is 13.2. The fourth-order valence-electron chi connectivity index (χ4n) is 1.41. The van der Waals surface area contributed by atoms with Crippen molar-refractivity contribution in [3.05, 3.63) is 35.4 Å². The zero-order valence-corrected chi connectivity index (χ0v) is 9.08. The number of hydrogen-bond donors (Lipinski definition) is 3. The molecule has 0 aliphatic carbocycles. The number of amides is 1. The van der Waals surface area contributed by atoms with Crippen molar-refractivity contribution < 1.29 is 24.7 Å².